The lowest BCUT2D eigenvalue weighted by atomic mass is 9.94. The summed E-state index contributed by atoms with van der Waals surface area (Å²) in [5.41, 5.74) is 1.39. The van der Waals surface area contributed by atoms with Gasteiger partial charge in [0.15, 0.2) is 0 Å². The molecule has 0 saturated carbocycles. The van der Waals surface area contributed by atoms with Crippen LogP contribution < -0.4 is 4.74 Å². The fraction of sp³-hybridized carbons (Fsp3) is 0.0476. The maximum absolute atomic E-state index is 11.5. The molecule has 7 heteroatoms. The Morgan fingerprint density at radius 1 is 0.714 bits per heavy atom. The molecule has 0 bridgehead atoms. The lowest BCUT2D eigenvalue weighted by Crippen LogP contribution is -2.01. The zero-order chi connectivity index (χ0) is 20.4. The van der Waals surface area contributed by atoms with Crippen molar-refractivity contribution in [3.8, 4) is 39.5 Å². The molecule has 0 unspecified atom stereocenters. The fourth-order valence-corrected chi connectivity index (χ4v) is 2.98. The molecule has 0 aliphatic heterocycles. The second-order valence-electron chi connectivity index (χ2n) is 5.99. The third-order valence-corrected chi connectivity index (χ3v) is 4.27. The van der Waals surface area contributed by atoms with Crippen LogP contribution in [0, 0.1) is 0 Å². The first-order valence-corrected chi connectivity index (χ1v) is 8.13. The maximum Gasteiger partial charge on any atom is 0.336 e. The van der Waals surface area contributed by atoms with E-state index in [1.54, 1.807) is 18.2 Å². The van der Waals surface area contributed by atoms with Gasteiger partial charge >= 0.3 is 11.9 Å². The lowest BCUT2D eigenvalue weighted by molar-refractivity contribution is 0.0686. The first-order valence-electron chi connectivity index (χ1n) is 8.13. The van der Waals surface area contributed by atoms with Crippen LogP contribution in [0.2, 0.25) is 0 Å². The van der Waals surface area contributed by atoms with Crippen molar-refractivity contribution in [1.29, 1.82) is 0 Å². The van der Waals surface area contributed by atoms with Crippen LogP contribution in [0.3, 0.4) is 0 Å². The van der Waals surface area contributed by atoms with E-state index in [1.165, 1.54) is 43.5 Å². The number of benzene rings is 3. The van der Waals surface area contributed by atoms with Crippen molar-refractivity contribution in [2.45, 2.75) is 0 Å². The minimum Gasteiger partial charge on any atom is -0.508 e. The van der Waals surface area contributed by atoms with E-state index in [4.69, 9.17) is 4.74 Å². The van der Waals surface area contributed by atoms with E-state index in [-0.39, 0.29) is 39.5 Å². The molecule has 0 aliphatic rings. The summed E-state index contributed by atoms with van der Waals surface area (Å²) in [4.78, 5) is 23.0. The van der Waals surface area contributed by atoms with Crippen LogP contribution in [0.4, 0.5) is 0 Å². The Kier molecular flexibility index (Phi) is 4.91. The van der Waals surface area contributed by atoms with E-state index in [0.29, 0.717) is 11.1 Å². The van der Waals surface area contributed by atoms with Crippen molar-refractivity contribution in [1.82, 2.24) is 0 Å². The normalized spacial score (nSPS) is 10.5. The third-order valence-electron chi connectivity index (χ3n) is 4.27. The number of phenols is 2. The van der Waals surface area contributed by atoms with Gasteiger partial charge in [0.05, 0.1) is 18.2 Å². The predicted molar refractivity (Wildman–Crippen MR) is 101 cm³/mol. The summed E-state index contributed by atoms with van der Waals surface area (Å²) in [6.45, 7) is 0. The van der Waals surface area contributed by atoms with Crippen LogP contribution in [0.1, 0.15) is 20.7 Å². The molecule has 4 N–H and O–H groups in total. The molecule has 0 aromatic heterocycles. The summed E-state index contributed by atoms with van der Waals surface area (Å²) in [6, 6.07) is 12.5. The molecule has 0 heterocycles. The van der Waals surface area contributed by atoms with Gasteiger partial charge < -0.3 is 25.2 Å². The number of aromatic hydroxyl groups is 2. The molecule has 0 radical (unpaired) electrons. The molecular weight excluding hydrogens is 364 g/mol. The zero-order valence-electron chi connectivity index (χ0n) is 14.7. The first-order chi connectivity index (χ1) is 13.3. The number of carboxylic acid groups (broad SMARTS) is 2. The van der Waals surface area contributed by atoms with Crippen molar-refractivity contribution in [3.63, 3.8) is 0 Å². The topological polar surface area (TPSA) is 124 Å². The summed E-state index contributed by atoms with van der Waals surface area (Å²) in [6.07, 6.45) is 0. The Bertz CT molecular complexity index is 1090. The van der Waals surface area contributed by atoms with Crippen LogP contribution in [0.15, 0.2) is 54.6 Å². The number of phenolic OH excluding ortho intramolecular Hbond substituents is 2. The maximum atomic E-state index is 11.5. The minimum atomic E-state index is -1.16. The predicted octanol–water partition coefficient (Wildman–Crippen LogP) is 3.84. The highest BCUT2D eigenvalue weighted by Crippen LogP contribution is 2.38. The average molecular weight is 380 g/mol. The van der Waals surface area contributed by atoms with Gasteiger partial charge in [0.25, 0.3) is 0 Å². The number of aromatic carboxylic acids is 2. The van der Waals surface area contributed by atoms with Gasteiger partial charge in [0.1, 0.15) is 17.2 Å². The molecule has 7 nitrogen and oxygen atoms in total. The summed E-state index contributed by atoms with van der Waals surface area (Å²) >= 11 is 0. The number of rotatable bonds is 5. The van der Waals surface area contributed by atoms with E-state index < -0.39 is 11.9 Å². The largest absolute Gasteiger partial charge is 0.508 e. The quantitative estimate of drug-likeness (QED) is 0.530. The number of carbonyl (C=O) groups is 2. The molecule has 0 atom stereocenters. The summed E-state index contributed by atoms with van der Waals surface area (Å²) in [5, 5.41) is 38.4. The SMILES string of the molecule is COc1cc(-c2cc(O)ccc2C(=O)O)ccc1-c1cc(O)ccc1C(=O)O. The van der Waals surface area contributed by atoms with Crippen LogP contribution in [0.5, 0.6) is 17.2 Å². The van der Waals surface area contributed by atoms with Crippen molar-refractivity contribution in [2.75, 3.05) is 7.11 Å². The van der Waals surface area contributed by atoms with Gasteiger partial charge in [-0.1, -0.05) is 12.1 Å². The van der Waals surface area contributed by atoms with Gasteiger partial charge in [-0.15, -0.1) is 0 Å². The summed E-state index contributed by atoms with van der Waals surface area (Å²) in [7, 11) is 1.40. The first kappa shape index (κ1) is 18.8. The number of methoxy groups -OCH3 is 1. The number of hydrogen-bond acceptors (Lipinski definition) is 5. The Morgan fingerprint density at radius 3 is 1.79 bits per heavy atom. The molecule has 0 amide bonds. The Hall–Kier alpha value is -4.00. The highest BCUT2D eigenvalue weighted by Gasteiger charge is 2.18. The van der Waals surface area contributed by atoms with E-state index in [1.807, 2.05) is 0 Å². The van der Waals surface area contributed by atoms with Crippen molar-refractivity contribution >= 4 is 11.9 Å². The molecule has 3 aromatic carbocycles. The van der Waals surface area contributed by atoms with Crippen molar-refractivity contribution < 1.29 is 34.8 Å². The molecule has 142 valence electrons. The Balaban J connectivity index is 2.22. The van der Waals surface area contributed by atoms with Gasteiger partial charge in [0, 0.05) is 11.1 Å². The highest BCUT2D eigenvalue weighted by molar-refractivity contribution is 5.99. The van der Waals surface area contributed by atoms with Crippen LogP contribution in [-0.4, -0.2) is 39.5 Å². The molecule has 3 aromatic rings. The number of hydrogen-bond donors (Lipinski definition) is 4. The zero-order valence-corrected chi connectivity index (χ0v) is 14.7. The van der Waals surface area contributed by atoms with Crippen LogP contribution in [0.25, 0.3) is 22.3 Å². The van der Waals surface area contributed by atoms with E-state index in [2.05, 4.69) is 0 Å². The Labute approximate surface area is 159 Å². The second kappa shape index (κ2) is 7.32. The molecular formula is C21H16O7. The number of carboxylic acids is 2. The van der Waals surface area contributed by atoms with E-state index in [0.717, 1.165) is 0 Å². The van der Waals surface area contributed by atoms with Gasteiger partial charge in [-0.05, 0) is 53.6 Å². The highest BCUT2D eigenvalue weighted by atomic mass is 16.5. The van der Waals surface area contributed by atoms with Crippen LogP contribution in [-0.2, 0) is 0 Å². The molecule has 28 heavy (non-hydrogen) atoms. The van der Waals surface area contributed by atoms with E-state index in [9.17, 15) is 30.0 Å². The molecule has 0 fully saturated rings. The smallest absolute Gasteiger partial charge is 0.336 e. The van der Waals surface area contributed by atoms with Gasteiger partial charge in [-0.3, -0.25) is 0 Å². The monoisotopic (exact) mass is 380 g/mol. The lowest BCUT2D eigenvalue weighted by Gasteiger charge is -2.14. The van der Waals surface area contributed by atoms with E-state index >= 15 is 0 Å². The summed E-state index contributed by atoms with van der Waals surface area (Å²) in [5.74, 6) is -2.23. The minimum absolute atomic E-state index is 0.00353. The average Bonchev–Trinajstić information content (AvgIpc) is 2.66. The second-order valence-corrected chi connectivity index (χ2v) is 5.99. The van der Waals surface area contributed by atoms with Gasteiger partial charge in [0.2, 0.25) is 0 Å². The molecule has 0 aliphatic carbocycles. The molecule has 0 saturated heterocycles. The molecule has 0 spiro atoms. The van der Waals surface area contributed by atoms with Crippen molar-refractivity contribution in [2.24, 2.45) is 0 Å². The molecule has 3 rings (SSSR count). The fourth-order valence-electron chi connectivity index (χ4n) is 2.98. The van der Waals surface area contributed by atoms with Gasteiger partial charge in [-0.25, -0.2) is 9.59 Å². The standard InChI is InChI=1S/C21H16O7/c1-28-19-8-11(17-9-12(22)3-6-15(17)20(24)25)2-5-14(19)18-10-13(23)4-7-16(18)21(26)27/h2-10,22-23H,1H3,(H,24,25)(H,26,27). The van der Waals surface area contributed by atoms with Crippen molar-refractivity contribution in [3.05, 3.63) is 65.7 Å². The Morgan fingerprint density at radius 2 is 1.25 bits per heavy atom. The van der Waals surface area contributed by atoms with Gasteiger partial charge in [-0.2, -0.15) is 0 Å². The summed E-state index contributed by atoms with van der Waals surface area (Å²) < 4.78 is 5.38. The van der Waals surface area contributed by atoms with Crippen LogP contribution >= 0.6 is 0 Å². The number of ether oxygens (including phenoxy) is 1. The third kappa shape index (κ3) is 3.45.